The Morgan fingerprint density at radius 3 is 2.47 bits per heavy atom. The number of benzene rings is 1. The molecule has 1 aromatic rings. The fraction of sp³-hybridized carbons (Fsp3) is 0.500. The highest BCUT2D eigenvalue weighted by Gasteiger charge is 2.16. The van der Waals surface area contributed by atoms with E-state index in [-0.39, 0.29) is 24.0 Å². The van der Waals surface area contributed by atoms with Crippen LogP contribution < -0.4 is 10.6 Å². The molecule has 1 aromatic carbocycles. The Bertz CT molecular complexity index is 455. The summed E-state index contributed by atoms with van der Waals surface area (Å²) in [4.78, 5) is 11.6. The van der Waals surface area contributed by atoms with Gasteiger partial charge in [-0.3, -0.25) is 4.79 Å². The van der Waals surface area contributed by atoms with Gasteiger partial charge < -0.3 is 10.6 Å². The number of hydrogen-bond donors (Lipinski definition) is 2. The molecule has 0 saturated carbocycles. The first-order chi connectivity index (χ1) is 8.69. The molecule has 0 spiro atoms. The lowest BCUT2D eigenvalue weighted by Gasteiger charge is -2.22. The Labute approximate surface area is 112 Å². The molecule has 0 heterocycles. The summed E-state index contributed by atoms with van der Waals surface area (Å²) in [6, 6.07) is 3.05. The summed E-state index contributed by atoms with van der Waals surface area (Å²) in [5, 5.41) is 5.70. The molecule has 2 N–H and O–H groups in total. The maximum absolute atomic E-state index is 13.5. The number of carbonyl (C=O) groups is 1. The highest BCUT2D eigenvalue weighted by Crippen LogP contribution is 2.17. The van der Waals surface area contributed by atoms with E-state index in [4.69, 9.17) is 0 Å². The number of amides is 1. The van der Waals surface area contributed by atoms with Crippen molar-refractivity contribution >= 4 is 5.91 Å². The molecule has 1 atom stereocenters. The molecule has 0 aliphatic rings. The van der Waals surface area contributed by atoms with Crippen molar-refractivity contribution in [1.82, 2.24) is 10.6 Å². The average molecular weight is 270 g/mol. The molecule has 0 bridgehead atoms. The van der Waals surface area contributed by atoms with E-state index in [0.717, 1.165) is 6.07 Å². The number of nitrogens with one attached hydrogen (secondary N) is 2. The highest BCUT2D eigenvalue weighted by molar-refractivity contribution is 5.78. The lowest BCUT2D eigenvalue weighted by Crippen LogP contribution is -2.45. The summed E-state index contributed by atoms with van der Waals surface area (Å²) in [6.07, 6.45) is 0. The van der Waals surface area contributed by atoms with Crippen LogP contribution in [0.15, 0.2) is 18.2 Å². The zero-order valence-corrected chi connectivity index (χ0v) is 11.7. The van der Waals surface area contributed by atoms with E-state index >= 15 is 0 Å². The van der Waals surface area contributed by atoms with Gasteiger partial charge in [0.25, 0.3) is 0 Å². The first-order valence-corrected chi connectivity index (χ1v) is 6.18. The van der Waals surface area contributed by atoms with Gasteiger partial charge in [-0.25, -0.2) is 8.78 Å². The van der Waals surface area contributed by atoms with Gasteiger partial charge in [-0.2, -0.15) is 0 Å². The van der Waals surface area contributed by atoms with Gasteiger partial charge in [0.05, 0.1) is 6.54 Å². The van der Waals surface area contributed by atoms with Crippen molar-refractivity contribution in [2.24, 2.45) is 0 Å². The molecule has 1 unspecified atom stereocenters. The van der Waals surface area contributed by atoms with Crippen LogP contribution in [0.5, 0.6) is 0 Å². The minimum atomic E-state index is -0.615. The Balaban J connectivity index is 2.56. The Kier molecular flexibility index (Phi) is 5.00. The van der Waals surface area contributed by atoms with Gasteiger partial charge in [-0.05, 0) is 33.8 Å². The molecule has 5 heteroatoms. The van der Waals surface area contributed by atoms with Crippen molar-refractivity contribution in [2.45, 2.75) is 39.3 Å². The van der Waals surface area contributed by atoms with E-state index in [1.165, 1.54) is 12.1 Å². The van der Waals surface area contributed by atoms with E-state index in [2.05, 4.69) is 10.6 Å². The molecule has 1 amide bonds. The normalized spacial score (nSPS) is 13.2. The fourth-order valence-corrected chi connectivity index (χ4v) is 1.67. The minimum Gasteiger partial charge on any atom is -0.350 e. The number of halogens is 2. The lowest BCUT2D eigenvalue weighted by atomic mass is 10.1. The molecule has 3 nitrogen and oxygen atoms in total. The Hall–Kier alpha value is -1.49. The SMILES string of the molecule is CC(NCC(=O)NC(C)(C)C)c1ccc(F)cc1F. The molecule has 0 aliphatic heterocycles. The zero-order chi connectivity index (χ0) is 14.6. The van der Waals surface area contributed by atoms with Gasteiger partial charge >= 0.3 is 0 Å². The first-order valence-electron chi connectivity index (χ1n) is 6.18. The fourth-order valence-electron chi connectivity index (χ4n) is 1.67. The highest BCUT2D eigenvalue weighted by atomic mass is 19.1. The second-order valence-electron chi connectivity index (χ2n) is 5.57. The molecule has 0 radical (unpaired) electrons. The van der Waals surface area contributed by atoms with Crippen molar-refractivity contribution in [1.29, 1.82) is 0 Å². The summed E-state index contributed by atoms with van der Waals surface area (Å²) in [5.74, 6) is -1.39. The van der Waals surface area contributed by atoms with Crippen molar-refractivity contribution in [3.8, 4) is 0 Å². The molecule has 19 heavy (non-hydrogen) atoms. The van der Waals surface area contributed by atoms with Crippen LogP contribution in [0.3, 0.4) is 0 Å². The summed E-state index contributed by atoms with van der Waals surface area (Å²) in [5.41, 5.74) is 0.0355. The summed E-state index contributed by atoms with van der Waals surface area (Å²) in [7, 11) is 0. The van der Waals surface area contributed by atoms with Gasteiger partial charge in [-0.15, -0.1) is 0 Å². The van der Waals surface area contributed by atoms with Crippen molar-refractivity contribution in [2.75, 3.05) is 6.54 Å². The monoisotopic (exact) mass is 270 g/mol. The summed E-state index contributed by atoms with van der Waals surface area (Å²) >= 11 is 0. The topological polar surface area (TPSA) is 41.1 Å². The van der Waals surface area contributed by atoms with E-state index in [1.54, 1.807) is 6.92 Å². The zero-order valence-electron chi connectivity index (χ0n) is 11.7. The van der Waals surface area contributed by atoms with Crippen LogP contribution in [0.25, 0.3) is 0 Å². The first kappa shape index (κ1) is 15.6. The largest absolute Gasteiger partial charge is 0.350 e. The van der Waals surface area contributed by atoms with Gasteiger partial charge in [0.15, 0.2) is 0 Å². The maximum Gasteiger partial charge on any atom is 0.234 e. The van der Waals surface area contributed by atoms with E-state index in [0.29, 0.717) is 5.56 Å². The van der Waals surface area contributed by atoms with Crippen molar-refractivity contribution in [3.05, 3.63) is 35.4 Å². The number of rotatable bonds is 4. The third-order valence-corrected chi connectivity index (χ3v) is 2.51. The molecular weight excluding hydrogens is 250 g/mol. The van der Waals surface area contributed by atoms with E-state index in [1.807, 2.05) is 20.8 Å². The van der Waals surface area contributed by atoms with Gasteiger partial charge in [-0.1, -0.05) is 6.07 Å². The lowest BCUT2D eigenvalue weighted by molar-refractivity contribution is -0.121. The molecule has 0 saturated heterocycles. The summed E-state index contributed by atoms with van der Waals surface area (Å²) in [6.45, 7) is 7.45. The van der Waals surface area contributed by atoms with Crippen LogP contribution in [0, 0.1) is 11.6 Å². The van der Waals surface area contributed by atoms with Crippen LogP contribution in [-0.4, -0.2) is 18.0 Å². The van der Waals surface area contributed by atoms with Crippen LogP contribution in [0.1, 0.15) is 39.3 Å². The third-order valence-electron chi connectivity index (χ3n) is 2.51. The van der Waals surface area contributed by atoms with Crippen molar-refractivity contribution in [3.63, 3.8) is 0 Å². The second kappa shape index (κ2) is 6.10. The van der Waals surface area contributed by atoms with Crippen molar-refractivity contribution < 1.29 is 13.6 Å². The summed E-state index contributed by atoms with van der Waals surface area (Å²) < 4.78 is 26.3. The molecule has 1 rings (SSSR count). The molecule has 0 fully saturated rings. The number of hydrogen-bond acceptors (Lipinski definition) is 2. The molecular formula is C14H20F2N2O. The quantitative estimate of drug-likeness (QED) is 0.882. The molecule has 106 valence electrons. The average Bonchev–Trinajstić information content (AvgIpc) is 2.23. The van der Waals surface area contributed by atoms with Gasteiger partial charge in [0.1, 0.15) is 11.6 Å². The van der Waals surface area contributed by atoms with Gasteiger partial charge in [0, 0.05) is 23.2 Å². The minimum absolute atomic E-state index is 0.0786. The predicted molar refractivity (Wildman–Crippen MR) is 70.7 cm³/mol. The second-order valence-corrected chi connectivity index (χ2v) is 5.57. The van der Waals surface area contributed by atoms with E-state index < -0.39 is 11.6 Å². The van der Waals surface area contributed by atoms with Crippen LogP contribution in [0.4, 0.5) is 8.78 Å². The number of carbonyl (C=O) groups excluding carboxylic acids is 1. The standard InChI is InChI=1S/C14H20F2N2O/c1-9(11-6-5-10(15)7-12(11)16)17-8-13(19)18-14(2,3)4/h5-7,9,17H,8H2,1-4H3,(H,18,19). The van der Waals surface area contributed by atoms with Crippen LogP contribution >= 0.6 is 0 Å². The van der Waals surface area contributed by atoms with Gasteiger partial charge in [0.2, 0.25) is 5.91 Å². The molecule has 0 aliphatic carbocycles. The third kappa shape index (κ3) is 5.34. The Morgan fingerprint density at radius 2 is 1.95 bits per heavy atom. The molecule has 0 aromatic heterocycles. The van der Waals surface area contributed by atoms with E-state index in [9.17, 15) is 13.6 Å². The predicted octanol–water partition coefficient (Wildman–Crippen LogP) is 2.53. The van der Waals surface area contributed by atoms with Crippen LogP contribution in [-0.2, 0) is 4.79 Å². The smallest absolute Gasteiger partial charge is 0.234 e. The van der Waals surface area contributed by atoms with Crippen LogP contribution in [0.2, 0.25) is 0 Å². The maximum atomic E-state index is 13.5. The Morgan fingerprint density at radius 1 is 1.32 bits per heavy atom.